The van der Waals surface area contributed by atoms with Crippen LogP contribution in [-0.2, 0) is 16.5 Å². The van der Waals surface area contributed by atoms with Gasteiger partial charge in [0.2, 0.25) is 0 Å². The van der Waals surface area contributed by atoms with Crippen LogP contribution in [0, 0.1) is 0 Å². The fourth-order valence-electron chi connectivity index (χ4n) is 1.91. The molecule has 0 unspecified atom stereocenters. The van der Waals surface area contributed by atoms with Gasteiger partial charge in [0.25, 0.3) is 10.1 Å². The maximum Gasteiger partial charge on any atom is 0.294 e. The van der Waals surface area contributed by atoms with E-state index in [1.165, 1.54) is 12.1 Å². The quantitative estimate of drug-likeness (QED) is 0.634. The Morgan fingerprint density at radius 2 is 1.60 bits per heavy atom. The SMILES string of the molecule is O=S(=O)(O)c1ccc(CCCNc2ccccc2)cc1. The van der Waals surface area contributed by atoms with Crippen LogP contribution < -0.4 is 5.32 Å². The molecule has 0 amide bonds. The summed E-state index contributed by atoms with van der Waals surface area (Å²) in [7, 11) is -4.09. The molecule has 106 valence electrons. The average molecular weight is 291 g/mol. The van der Waals surface area contributed by atoms with E-state index in [1.807, 2.05) is 30.3 Å². The molecule has 0 fully saturated rings. The number of hydrogen-bond acceptors (Lipinski definition) is 3. The second kappa shape index (κ2) is 6.54. The van der Waals surface area contributed by atoms with Crippen molar-refractivity contribution in [2.75, 3.05) is 11.9 Å². The summed E-state index contributed by atoms with van der Waals surface area (Å²) in [6.07, 6.45) is 1.80. The van der Waals surface area contributed by atoms with Gasteiger partial charge in [-0.15, -0.1) is 0 Å². The van der Waals surface area contributed by atoms with Gasteiger partial charge in [0.05, 0.1) is 4.90 Å². The Balaban J connectivity index is 1.80. The standard InChI is InChI=1S/C15H17NO3S/c17-20(18,19)15-10-8-13(9-11-15)5-4-12-16-14-6-2-1-3-7-14/h1-3,6-11,16H,4-5,12H2,(H,17,18,19). The number of hydrogen-bond donors (Lipinski definition) is 2. The summed E-state index contributed by atoms with van der Waals surface area (Å²) in [5, 5.41) is 3.31. The van der Waals surface area contributed by atoms with Gasteiger partial charge in [-0.05, 0) is 42.7 Å². The number of anilines is 1. The summed E-state index contributed by atoms with van der Waals surface area (Å²) in [6, 6.07) is 16.3. The van der Waals surface area contributed by atoms with E-state index in [-0.39, 0.29) is 4.90 Å². The molecule has 0 aliphatic rings. The summed E-state index contributed by atoms with van der Waals surface area (Å²) in [5.41, 5.74) is 2.14. The zero-order valence-corrected chi connectivity index (χ0v) is 11.8. The second-order valence-electron chi connectivity index (χ2n) is 4.52. The van der Waals surface area contributed by atoms with Gasteiger partial charge in [-0.3, -0.25) is 4.55 Å². The Hall–Kier alpha value is -1.85. The van der Waals surface area contributed by atoms with Gasteiger partial charge in [0.15, 0.2) is 0 Å². The minimum absolute atomic E-state index is 0.0661. The topological polar surface area (TPSA) is 66.4 Å². The fourth-order valence-corrected chi connectivity index (χ4v) is 2.39. The Bertz CT molecular complexity index is 637. The van der Waals surface area contributed by atoms with E-state index in [2.05, 4.69) is 5.32 Å². The van der Waals surface area contributed by atoms with Gasteiger partial charge >= 0.3 is 0 Å². The van der Waals surface area contributed by atoms with Crippen LogP contribution in [0.1, 0.15) is 12.0 Å². The monoisotopic (exact) mass is 291 g/mol. The highest BCUT2D eigenvalue weighted by molar-refractivity contribution is 7.85. The largest absolute Gasteiger partial charge is 0.385 e. The predicted octanol–water partition coefficient (Wildman–Crippen LogP) is 2.98. The summed E-state index contributed by atoms with van der Waals surface area (Å²) < 4.78 is 30.7. The van der Waals surface area contributed by atoms with Gasteiger partial charge in [0.1, 0.15) is 0 Å². The lowest BCUT2D eigenvalue weighted by Crippen LogP contribution is -2.03. The van der Waals surface area contributed by atoms with E-state index in [1.54, 1.807) is 12.1 Å². The maximum absolute atomic E-state index is 10.9. The minimum atomic E-state index is -4.09. The lowest BCUT2D eigenvalue weighted by atomic mass is 10.1. The van der Waals surface area contributed by atoms with Gasteiger partial charge < -0.3 is 5.32 Å². The number of nitrogens with one attached hydrogen (secondary N) is 1. The predicted molar refractivity (Wildman–Crippen MR) is 79.5 cm³/mol. The van der Waals surface area contributed by atoms with Gasteiger partial charge in [-0.25, -0.2) is 0 Å². The van der Waals surface area contributed by atoms with Crippen LogP contribution in [-0.4, -0.2) is 19.5 Å². The van der Waals surface area contributed by atoms with Crippen molar-refractivity contribution in [2.45, 2.75) is 17.7 Å². The van der Waals surface area contributed by atoms with Crippen LogP contribution in [0.3, 0.4) is 0 Å². The molecule has 0 heterocycles. The molecule has 4 nitrogen and oxygen atoms in total. The highest BCUT2D eigenvalue weighted by atomic mass is 32.2. The molecule has 5 heteroatoms. The first-order valence-electron chi connectivity index (χ1n) is 6.41. The smallest absolute Gasteiger partial charge is 0.294 e. The van der Waals surface area contributed by atoms with Crippen molar-refractivity contribution in [3.63, 3.8) is 0 Å². The Kier molecular flexibility index (Phi) is 4.76. The average Bonchev–Trinajstić information content (AvgIpc) is 2.44. The molecule has 0 radical (unpaired) electrons. The molecular formula is C15H17NO3S. The molecule has 2 aromatic carbocycles. The van der Waals surface area contributed by atoms with Crippen molar-refractivity contribution in [2.24, 2.45) is 0 Å². The molecule has 0 bridgehead atoms. The summed E-state index contributed by atoms with van der Waals surface area (Å²) in [4.78, 5) is -0.0661. The summed E-state index contributed by atoms with van der Waals surface area (Å²) >= 11 is 0. The van der Waals surface area contributed by atoms with Crippen LogP contribution in [0.5, 0.6) is 0 Å². The second-order valence-corrected chi connectivity index (χ2v) is 5.94. The summed E-state index contributed by atoms with van der Waals surface area (Å²) in [6.45, 7) is 0.851. The number of benzene rings is 2. The first kappa shape index (κ1) is 14.6. The lowest BCUT2D eigenvalue weighted by molar-refractivity contribution is 0.483. The number of aryl methyl sites for hydroxylation is 1. The number of para-hydroxylation sites is 1. The third-order valence-corrected chi connectivity index (χ3v) is 3.83. The van der Waals surface area contributed by atoms with E-state index in [0.717, 1.165) is 30.6 Å². The van der Waals surface area contributed by atoms with Crippen molar-refractivity contribution >= 4 is 15.8 Å². The first-order chi connectivity index (χ1) is 9.55. The first-order valence-corrected chi connectivity index (χ1v) is 7.85. The van der Waals surface area contributed by atoms with Crippen molar-refractivity contribution < 1.29 is 13.0 Å². The minimum Gasteiger partial charge on any atom is -0.385 e. The zero-order chi connectivity index (χ0) is 14.4. The van der Waals surface area contributed by atoms with Crippen molar-refractivity contribution in [1.29, 1.82) is 0 Å². The molecule has 2 rings (SSSR count). The molecule has 0 aliphatic carbocycles. The lowest BCUT2D eigenvalue weighted by Gasteiger charge is -2.06. The molecule has 2 aromatic rings. The van der Waals surface area contributed by atoms with Crippen LogP contribution in [0.25, 0.3) is 0 Å². The fraction of sp³-hybridized carbons (Fsp3) is 0.200. The van der Waals surface area contributed by atoms with Gasteiger partial charge in [-0.2, -0.15) is 8.42 Å². The molecule has 0 saturated carbocycles. The summed E-state index contributed by atoms with van der Waals surface area (Å²) in [5.74, 6) is 0. The molecule has 0 atom stereocenters. The van der Waals surface area contributed by atoms with Gasteiger partial charge in [0, 0.05) is 12.2 Å². The Morgan fingerprint density at radius 1 is 0.950 bits per heavy atom. The normalized spacial score (nSPS) is 11.2. The third kappa shape index (κ3) is 4.36. The maximum atomic E-state index is 10.9. The molecule has 0 spiro atoms. The molecule has 20 heavy (non-hydrogen) atoms. The molecule has 2 N–H and O–H groups in total. The highest BCUT2D eigenvalue weighted by Gasteiger charge is 2.07. The Morgan fingerprint density at radius 3 is 2.20 bits per heavy atom. The van der Waals surface area contributed by atoms with Crippen molar-refractivity contribution in [3.8, 4) is 0 Å². The van der Waals surface area contributed by atoms with E-state index in [9.17, 15) is 8.42 Å². The highest BCUT2D eigenvalue weighted by Crippen LogP contribution is 2.12. The van der Waals surface area contributed by atoms with E-state index in [4.69, 9.17) is 4.55 Å². The van der Waals surface area contributed by atoms with Crippen molar-refractivity contribution in [3.05, 3.63) is 60.2 Å². The van der Waals surface area contributed by atoms with Crippen LogP contribution in [0.4, 0.5) is 5.69 Å². The molecule has 0 saturated heterocycles. The van der Waals surface area contributed by atoms with E-state index in [0.29, 0.717) is 0 Å². The van der Waals surface area contributed by atoms with Crippen LogP contribution in [0.15, 0.2) is 59.5 Å². The van der Waals surface area contributed by atoms with E-state index < -0.39 is 10.1 Å². The van der Waals surface area contributed by atoms with E-state index >= 15 is 0 Å². The molecule has 0 aliphatic heterocycles. The van der Waals surface area contributed by atoms with Crippen LogP contribution in [0.2, 0.25) is 0 Å². The van der Waals surface area contributed by atoms with Gasteiger partial charge in [-0.1, -0.05) is 30.3 Å². The van der Waals surface area contributed by atoms with Crippen LogP contribution >= 0.6 is 0 Å². The number of rotatable bonds is 6. The zero-order valence-electron chi connectivity index (χ0n) is 11.0. The Labute approximate surface area is 119 Å². The molecular weight excluding hydrogens is 274 g/mol. The molecule has 0 aromatic heterocycles. The van der Waals surface area contributed by atoms with Crippen molar-refractivity contribution in [1.82, 2.24) is 0 Å². The third-order valence-electron chi connectivity index (χ3n) is 2.97.